The number of benzene rings is 3. The average molecular weight is 396 g/mol. The molecule has 4 heteroatoms. The Balaban J connectivity index is 1.49. The van der Waals surface area contributed by atoms with Crippen LogP contribution in [0, 0.1) is 0 Å². The maximum absolute atomic E-state index is 12.1. The molecule has 0 aliphatic heterocycles. The first-order valence-corrected chi connectivity index (χ1v) is 9.94. The van der Waals surface area contributed by atoms with Gasteiger partial charge in [-0.3, -0.25) is 9.69 Å². The van der Waals surface area contributed by atoms with Gasteiger partial charge in [-0.1, -0.05) is 72.8 Å². The second-order valence-electron chi connectivity index (χ2n) is 7.44. The number of rotatable bonds is 6. The van der Waals surface area contributed by atoms with Crippen molar-refractivity contribution in [3.05, 3.63) is 107 Å². The maximum atomic E-state index is 12.1. The lowest BCUT2D eigenvalue weighted by molar-refractivity contribution is 0.364. The van der Waals surface area contributed by atoms with Crippen molar-refractivity contribution in [3.8, 4) is 16.9 Å². The Bertz CT molecular complexity index is 1230. The number of aromatic hydroxyl groups is 1. The van der Waals surface area contributed by atoms with Crippen LogP contribution in [0.2, 0.25) is 0 Å². The summed E-state index contributed by atoms with van der Waals surface area (Å²) in [5.74, 6) is 0.110. The minimum absolute atomic E-state index is 0.110. The Kier molecular flexibility index (Phi) is 5.77. The van der Waals surface area contributed by atoms with E-state index in [1.807, 2.05) is 30.3 Å². The lowest BCUT2D eigenvalue weighted by Crippen LogP contribution is -2.17. The standard InChI is InChI=1S/C26H24N2O2/c1-28(18-20-7-3-2-4-8-20)16-6-9-19-12-14-21(15-13-19)23-17-27-26(30)22-10-5-11-24(29)25(22)23/h2-15,17,29H,16,18H2,1H3,(H,27,30)/b9-6+. The number of hydrogen-bond acceptors (Lipinski definition) is 3. The summed E-state index contributed by atoms with van der Waals surface area (Å²) in [6.07, 6.45) is 5.92. The van der Waals surface area contributed by atoms with Crippen molar-refractivity contribution in [1.82, 2.24) is 9.88 Å². The molecule has 0 unspecified atom stereocenters. The average Bonchev–Trinajstić information content (AvgIpc) is 2.76. The van der Waals surface area contributed by atoms with E-state index in [0.29, 0.717) is 10.8 Å². The van der Waals surface area contributed by atoms with Gasteiger partial charge in [-0.25, -0.2) is 0 Å². The van der Waals surface area contributed by atoms with Crippen LogP contribution in [0.15, 0.2) is 89.9 Å². The number of H-pyrrole nitrogens is 1. The number of phenols is 1. The molecule has 1 aromatic heterocycles. The summed E-state index contributed by atoms with van der Waals surface area (Å²) in [4.78, 5) is 17.1. The zero-order chi connectivity index (χ0) is 20.9. The number of nitrogens with one attached hydrogen (secondary N) is 1. The Morgan fingerprint density at radius 3 is 2.50 bits per heavy atom. The predicted molar refractivity (Wildman–Crippen MR) is 123 cm³/mol. The van der Waals surface area contributed by atoms with Gasteiger partial charge in [0.25, 0.3) is 5.56 Å². The zero-order valence-electron chi connectivity index (χ0n) is 16.9. The second kappa shape index (κ2) is 8.80. The summed E-state index contributed by atoms with van der Waals surface area (Å²) in [5.41, 5.74) is 3.94. The van der Waals surface area contributed by atoms with Crippen molar-refractivity contribution in [2.45, 2.75) is 6.54 Å². The summed E-state index contributed by atoms with van der Waals surface area (Å²) >= 11 is 0. The highest BCUT2D eigenvalue weighted by Crippen LogP contribution is 2.32. The number of phenolic OH excluding ortho intramolecular Hbond substituents is 1. The quantitative estimate of drug-likeness (QED) is 0.480. The summed E-state index contributed by atoms with van der Waals surface area (Å²) in [6.45, 7) is 1.77. The SMILES string of the molecule is CN(C/C=C/c1ccc(-c2c[nH]c(=O)c3cccc(O)c23)cc1)Cc1ccccc1. The topological polar surface area (TPSA) is 56.3 Å². The Hall–Kier alpha value is -3.63. The summed E-state index contributed by atoms with van der Waals surface area (Å²) in [6, 6.07) is 23.5. The predicted octanol–water partition coefficient (Wildman–Crippen LogP) is 5.05. The van der Waals surface area contributed by atoms with Crippen molar-refractivity contribution < 1.29 is 5.11 Å². The van der Waals surface area contributed by atoms with Gasteiger partial charge in [-0.15, -0.1) is 0 Å². The molecule has 0 saturated carbocycles. The van der Waals surface area contributed by atoms with Gasteiger partial charge in [-0.05, 0) is 35.9 Å². The van der Waals surface area contributed by atoms with E-state index < -0.39 is 0 Å². The Morgan fingerprint density at radius 2 is 1.73 bits per heavy atom. The molecule has 4 aromatic rings. The van der Waals surface area contributed by atoms with E-state index in [1.165, 1.54) is 5.56 Å². The van der Waals surface area contributed by atoms with Crippen LogP contribution in [-0.2, 0) is 6.54 Å². The van der Waals surface area contributed by atoms with E-state index in [0.717, 1.165) is 29.8 Å². The highest BCUT2D eigenvalue weighted by Gasteiger charge is 2.10. The fourth-order valence-electron chi connectivity index (χ4n) is 3.63. The molecule has 0 spiro atoms. The van der Waals surface area contributed by atoms with Gasteiger partial charge in [0.15, 0.2) is 0 Å². The number of likely N-dealkylation sites (N-methyl/N-ethyl adjacent to an activating group) is 1. The molecule has 0 radical (unpaired) electrons. The van der Waals surface area contributed by atoms with Gasteiger partial charge in [0.2, 0.25) is 0 Å². The van der Waals surface area contributed by atoms with E-state index in [2.05, 4.69) is 53.3 Å². The second-order valence-corrected chi connectivity index (χ2v) is 7.44. The first kappa shape index (κ1) is 19.7. The molecule has 0 atom stereocenters. The number of nitrogens with zero attached hydrogens (tertiary/aromatic N) is 1. The van der Waals surface area contributed by atoms with Gasteiger partial charge in [0.05, 0.1) is 5.39 Å². The van der Waals surface area contributed by atoms with Gasteiger partial charge >= 0.3 is 0 Å². The highest BCUT2D eigenvalue weighted by molar-refractivity contribution is 5.99. The van der Waals surface area contributed by atoms with Gasteiger partial charge in [-0.2, -0.15) is 0 Å². The molecular weight excluding hydrogens is 372 g/mol. The number of fused-ring (bicyclic) bond motifs is 1. The van der Waals surface area contributed by atoms with E-state index in [1.54, 1.807) is 24.4 Å². The van der Waals surface area contributed by atoms with Crippen LogP contribution in [0.5, 0.6) is 5.75 Å². The fourth-order valence-corrected chi connectivity index (χ4v) is 3.63. The molecule has 2 N–H and O–H groups in total. The van der Waals surface area contributed by atoms with Crippen molar-refractivity contribution in [2.24, 2.45) is 0 Å². The molecule has 150 valence electrons. The molecule has 0 fully saturated rings. The smallest absolute Gasteiger partial charge is 0.255 e. The molecule has 0 aliphatic carbocycles. The fraction of sp³-hybridized carbons (Fsp3) is 0.115. The summed E-state index contributed by atoms with van der Waals surface area (Å²) in [5, 5.41) is 11.4. The Labute approximate surface area is 175 Å². The molecule has 3 aromatic carbocycles. The first-order valence-electron chi connectivity index (χ1n) is 9.94. The molecule has 0 aliphatic rings. The third-order valence-electron chi connectivity index (χ3n) is 5.15. The van der Waals surface area contributed by atoms with Crippen molar-refractivity contribution in [3.63, 3.8) is 0 Å². The normalized spacial score (nSPS) is 11.5. The van der Waals surface area contributed by atoms with Crippen molar-refractivity contribution >= 4 is 16.8 Å². The van der Waals surface area contributed by atoms with Crippen molar-refractivity contribution in [1.29, 1.82) is 0 Å². The molecule has 0 bridgehead atoms. The van der Waals surface area contributed by atoms with E-state index in [9.17, 15) is 9.90 Å². The molecule has 0 amide bonds. The van der Waals surface area contributed by atoms with Gasteiger partial charge in [0, 0.05) is 30.2 Å². The molecular formula is C26H24N2O2. The Morgan fingerprint density at radius 1 is 0.967 bits per heavy atom. The molecule has 1 heterocycles. The van der Waals surface area contributed by atoms with Crippen LogP contribution in [0.1, 0.15) is 11.1 Å². The highest BCUT2D eigenvalue weighted by atomic mass is 16.3. The van der Waals surface area contributed by atoms with Gasteiger partial charge in [0.1, 0.15) is 5.75 Å². The number of hydrogen-bond donors (Lipinski definition) is 2. The van der Waals surface area contributed by atoms with Crippen LogP contribution < -0.4 is 5.56 Å². The zero-order valence-corrected chi connectivity index (χ0v) is 16.9. The van der Waals surface area contributed by atoms with Gasteiger partial charge < -0.3 is 10.1 Å². The minimum atomic E-state index is -0.205. The van der Waals surface area contributed by atoms with Crippen LogP contribution in [-0.4, -0.2) is 28.6 Å². The molecule has 0 saturated heterocycles. The van der Waals surface area contributed by atoms with Crippen LogP contribution >= 0.6 is 0 Å². The van der Waals surface area contributed by atoms with E-state index in [-0.39, 0.29) is 11.3 Å². The molecule has 30 heavy (non-hydrogen) atoms. The third-order valence-corrected chi connectivity index (χ3v) is 5.15. The van der Waals surface area contributed by atoms with Crippen LogP contribution in [0.4, 0.5) is 0 Å². The number of aromatic amines is 1. The summed E-state index contributed by atoms with van der Waals surface area (Å²) < 4.78 is 0. The van der Waals surface area contributed by atoms with E-state index in [4.69, 9.17) is 0 Å². The van der Waals surface area contributed by atoms with Crippen LogP contribution in [0.25, 0.3) is 28.0 Å². The third kappa shape index (κ3) is 4.34. The lowest BCUT2D eigenvalue weighted by atomic mass is 9.99. The van der Waals surface area contributed by atoms with Crippen molar-refractivity contribution in [2.75, 3.05) is 13.6 Å². The molecule has 4 rings (SSSR count). The summed E-state index contributed by atoms with van der Waals surface area (Å²) in [7, 11) is 2.11. The first-order chi connectivity index (χ1) is 14.6. The maximum Gasteiger partial charge on any atom is 0.255 e. The lowest BCUT2D eigenvalue weighted by Gasteiger charge is -2.14. The largest absolute Gasteiger partial charge is 0.507 e. The molecule has 4 nitrogen and oxygen atoms in total. The number of aromatic nitrogens is 1. The van der Waals surface area contributed by atoms with E-state index >= 15 is 0 Å². The monoisotopic (exact) mass is 396 g/mol. The minimum Gasteiger partial charge on any atom is -0.507 e. The number of pyridine rings is 1. The van der Waals surface area contributed by atoms with Crippen LogP contribution in [0.3, 0.4) is 0 Å².